The van der Waals surface area contributed by atoms with Gasteiger partial charge in [0.05, 0.1) is 17.6 Å². The van der Waals surface area contributed by atoms with Gasteiger partial charge in [-0.3, -0.25) is 4.98 Å². The lowest BCUT2D eigenvalue weighted by Gasteiger charge is -2.01. The van der Waals surface area contributed by atoms with Gasteiger partial charge < -0.3 is 10.3 Å². The van der Waals surface area contributed by atoms with Gasteiger partial charge in [0, 0.05) is 38.2 Å². The van der Waals surface area contributed by atoms with Crippen LogP contribution in [0.25, 0.3) is 22.2 Å². The lowest BCUT2D eigenvalue weighted by atomic mass is 10.1. The second kappa shape index (κ2) is 5.79. The molecule has 6 heteroatoms. The van der Waals surface area contributed by atoms with E-state index in [9.17, 15) is 0 Å². The van der Waals surface area contributed by atoms with E-state index in [1.54, 1.807) is 11.3 Å². The minimum absolute atomic E-state index is 0.856. The maximum atomic E-state index is 4.69. The number of rotatable bonds is 3. The number of nitrogens with zero attached hydrogens (tertiary/aromatic N) is 2. The number of benzene rings is 1. The van der Waals surface area contributed by atoms with E-state index >= 15 is 0 Å². The fourth-order valence-corrected chi connectivity index (χ4v) is 3.52. The van der Waals surface area contributed by atoms with Crippen molar-refractivity contribution >= 4 is 49.0 Å². The van der Waals surface area contributed by atoms with Crippen LogP contribution in [-0.4, -0.2) is 15.0 Å². The number of H-pyrrole nitrogens is 1. The largest absolute Gasteiger partial charge is 0.360 e. The van der Waals surface area contributed by atoms with Crippen molar-refractivity contribution in [1.29, 1.82) is 0 Å². The van der Waals surface area contributed by atoms with Crippen molar-refractivity contribution in [3.63, 3.8) is 0 Å². The first kappa shape index (κ1) is 14.4. The van der Waals surface area contributed by atoms with Crippen molar-refractivity contribution in [3.05, 3.63) is 58.3 Å². The highest BCUT2D eigenvalue weighted by Crippen LogP contribution is 2.33. The van der Waals surface area contributed by atoms with E-state index in [1.165, 1.54) is 0 Å². The lowest BCUT2D eigenvalue weighted by molar-refractivity contribution is 1.20. The van der Waals surface area contributed by atoms with Crippen LogP contribution >= 0.6 is 27.3 Å². The third-order valence-corrected chi connectivity index (χ3v) is 4.84. The molecule has 114 valence electrons. The van der Waals surface area contributed by atoms with Gasteiger partial charge in [0.15, 0.2) is 5.13 Å². The SMILES string of the molecule is Cc1ccc(Nc2nc(-c3c[nH]c4ccc(Br)cc34)cs2)cn1. The third kappa shape index (κ3) is 2.87. The molecule has 0 radical (unpaired) electrons. The molecule has 0 aliphatic rings. The molecule has 23 heavy (non-hydrogen) atoms. The van der Waals surface area contributed by atoms with E-state index in [0.717, 1.165) is 43.1 Å². The number of hydrogen-bond donors (Lipinski definition) is 2. The molecule has 1 aromatic carbocycles. The number of hydrogen-bond acceptors (Lipinski definition) is 4. The summed E-state index contributed by atoms with van der Waals surface area (Å²) >= 11 is 5.11. The van der Waals surface area contributed by atoms with Crippen molar-refractivity contribution < 1.29 is 0 Å². The monoisotopic (exact) mass is 384 g/mol. The Morgan fingerprint density at radius 2 is 2.13 bits per heavy atom. The van der Waals surface area contributed by atoms with Crippen LogP contribution in [0.1, 0.15) is 5.69 Å². The molecule has 3 heterocycles. The van der Waals surface area contributed by atoms with Crippen LogP contribution < -0.4 is 5.32 Å². The standard InChI is InChI=1S/C17H13BrN4S/c1-10-2-4-12(7-19-10)21-17-22-16(9-23-17)14-8-20-15-5-3-11(18)6-13(14)15/h2-9,20H,1H3,(H,21,22). The van der Waals surface area contributed by atoms with Crippen LogP contribution in [0.2, 0.25) is 0 Å². The first-order chi connectivity index (χ1) is 11.2. The minimum Gasteiger partial charge on any atom is -0.360 e. The second-order valence-electron chi connectivity index (χ2n) is 5.24. The van der Waals surface area contributed by atoms with Crippen molar-refractivity contribution in [2.24, 2.45) is 0 Å². The van der Waals surface area contributed by atoms with Gasteiger partial charge in [-0.2, -0.15) is 0 Å². The van der Waals surface area contributed by atoms with E-state index in [4.69, 9.17) is 4.98 Å². The Labute approximate surface area is 145 Å². The molecule has 0 saturated carbocycles. The average molecular weight is 385 g/mol. The Kier molecular flexibility index (Phi) is 3.63. The molecule has 3 aromatic heterocycles. The zero-order valence-corrected chi connectivity index (χ0v) is 14.7. The molecule has 0 spiro atoms. The summed E-state index contributed by atoms with van der Waals surface area (Å²) in [7, 11) is 0. The van der Waals surface area contributed by atoms with Gasteiger partial charge in [-0.15, -0.1) is 11.3 Å². The Bertz CT molecular complexity index is 972. The maximum Gasteiger partial charge on any atom is 0.187 e. The second-order valence-corrected chi connectivity index (χ2v) is 7.02. The molecule has 4 rings (SSSR count). The topological polar surface area (TPSA) is 53.6 Å². The number of anilines is 2. The van der Waals surface area contributed by atoms with E-state index in [2.05, 4.69) is 48.7 Å². The number of thiazole rings is 1. The van der Waals surface area contributed by atoms with Gasteiger partial charge in [-0.25, -0.2) is 4.98 Å². The van der Waals surface area contributed by atoms with E-state index < -0.39 is 0 Å². The van der Waals surface area contributed by atoms with Crippen LogP contribution in [0.3, 0.4) is 0 Å². The molecule has 4 nitrogen and oxygen atoms in total. The lowest BCUT2D eigenvalue weighted by Crippen LogP contribution is -1.91. The molecule has 2 N–H and O–H groups in total. The molecule has 0 aliphatic heterocycles. The van der Waals surface area contributed by atoms with Gasteiger partial charge >= 0.3 is 0 Å². The van der Waals surface area contributed by atoms with Crippen LogP contribution in [0, 0.1) is 6.92 Å². The van der Waals surface area contributed by atoms with Crippen LogP contribution in [0.15, 0.2) is 52.6 Å². The first-order valence-electron chi connectivity index (χ1n) is 7.11. The highest BCUT2D eigenvalue weighted by molar-refractivity contribution is 9.10. The van der Waals surface area contributed by atoms with Crippen molar-refractivity contribution in [2.45, 2.75) is 6.92 Å². The highest BCUT2D eigenvalue weighted by Gasteiger charge is 2.10. The molecule has 0 fully saturated rings. The van der Waals surface area contributed by atoms with Gasteiger partial charge in [0.2, 0.25) is 0 Å². The van der Waals surface area contributed by atoms with Gasteiger partial charge in [-0.1, -0.05) is 15.9 Å². The summed E-state index contributed by atoms with van der Waals surface area (Å²) < 4.78 is 1.06. The quantitative estimate of drug-likeness (QED) is 0.490. The zero-order valence-electron chi connectivity index (χ0n) is 12.3. The average Bonchev–Trinajstić information content (AvgIpc) is 3.15. The Morgan fingerprint density at radius 3 is 2.96 bits per heavy atom. The van der Waals surface area contributed by atoms with Crippen LogP contribution in [0.5, 0.6) is 0 Å². The van der Waals surface area contributed by atoms with Crippen LogP contribution in [-0.2, 0) is 0 Å². The Morgan fingerprint density at radius 1 is 1.22 bits per heavy atom. The number of nitrogens with one attached hydrogen (secondary N) is 2. The molecule has 0 atom stereocenters. The van der Waals surface area contributed by atoms with Gasteiger partial charge in [-0.05, 0) is 37.3 Å². The summed E-state index contributed by atoms with van der Waals surface area (Å²) in [6.07, 6.45) is 3.82. The summed E-state index contributed by atoms with van der Waals surface area (Å²) in [6, 6.07) is 10.2. The summed E-state index contributed by atoms with van der Waals surface area (Å²) in [6.45, 7) is 1.97. The Hall–Kier alpha value is -2.18. The maximum absolute atomic E-state index is 4.69. The molecule has 0 aliphatic carbocycles. The number of halogens is 1. The number of pyridine rings is 1. The van der Waals surface area contributed by atoms with Crippen LogP contribution in [0.4, 0.5) is 10.8 Å². The zero-order chi connectivity index (χ0) is 15.8. The molecule has 4 aromatic rings. The molecule has 0 bridgehead atoms. The molecule has 0 unspecified atom stereocenters. The van der Waals surface area contributed by atoms with E-state index in [0.29, 0.717) is 0 Å². The first-order valence-corrected chi connectivity index (χ1v) is 8.78. The van der Waals surface area contributed by atoms with E-state index in [-0.39, 0.29) is 0 Å². The van der Waals surface area contributed by atoms with Gasteiger partial charge in [0.1, 0.15) is 0 Å². The predicted octanol–water partition coefficient (Wildman–Crippen LogP) is 5.50. The third-order valence-electron chi connectivity index (χ3n) is 3.59. The molecule has 0 amide bonds. The van der Waals surface area contributed by atoms with Crippen molar-refractivity contribution in [2.75, 3.05) is 5.32 Å². The molecular formula is C17H13BrN4S. The summed E-state index contributed by atoms with van der Waals surface area (Å²) in [4.78, 5) is 12.3. The van der Waals surface area contributed by atoms with Gasteiger partial charge in [0.25, 0.3) is 0 Å². The number of aromatic amines is 1. The minimum atomic E-state index is 0.856. The normalized spacial score (nSPS) is 11.0. The Balaban J connectivity index is 1.66. The summed E-state index contributed by atoms with van der Waals surface area (Å²) in [5.41, 5.74) is 5.11. The fourth-order valence-electron chi connectivity index (χ4n) is 2.42. The number of aryl methyl sites for hydroxylation is 1. The smallest absolute Gasteiger partial charge is 0.187 e. The number of fused-ring (bicyclic) bond motifs is 1. The predicted molar refractivity (Wildman–Crippen MR) is 99.4 cm³/mol. The van der Waals surface area contributed by atoms with Crippen molar-refractivity contribution in [1.82, 2.24) is 15.0 Å². The summed E-state index contributed by atoms with van der Waals surface area (Å²) in [5.74, 6) is 0. The highest BCUT2D eigenvalue weighted by atomic mass is 79.9. The fraction of sp³-hybridized carbons (Fsp3) is 0.0588. The number of aromatic nitrogens is 3. The molecule has 0 saturated heterocycles. The summed E-state index contributed by atoms with van der Waals surface area (Å²) in [5, 5.41) is 7.38. The van der Waals surface area contributed by atoms with Crippen molar-refractivity contribution in [3.8, 4) is 11.3 Å². The molecular weight excluding hydrogens is 372 g/mol. The van der Waals surface area contributed by atoms with E-state index in [1.807, 2.05) is 37.5 Å².